The van der Waals surface area contributed by atoms with Crippen molar-refractivity contribution in [1.29, 1.82) is 0 Å². The molecule has 2 aromatic carbocycles. The summed E-state index contributed by atoms with van der Waals surface area (Å²) in [5.74, 6) is -0.332. The number of amides is 1. The van der Waals surface area contributed by atoms with Crippen molar-refractivity contribution in [1.82, 2.24) is 4.31 Å². The Morgan fingerprint density at radius 3 is 2.38 bits per heavy atom. The van der Waals surface area contributed by atoms with Gasteiger partial charge in [0, 0.05) is 23.7 Å². The van der Waals surface area contributed by atoms with E-state index in [4.69, 9.17) is 11.6 Å². The Kier molecular flexibility index (Phi) is 5.92. The van der Waals surface area contributed by atoms with Crippen LogP contribution in [-0.2, 0) is 10.0 Å². The van der Waals surface area contributed by atoms with Crippen molar-refractivity contribution in [3.8, 4) is 0 Å². The first-order valence-electron chi connectivity index (χ1n) is 8.17. The Balaban J connectivity index is 1.76. The van der Waals surface area contributed by atoms with E-state index in [0.29, 0.717) is 29.4 Å². The summed E-state index contributed by atoms with van der Waals surface area (Å²) in [5.41, 5.74) is 0.897. The Bertz CT molecular complexity index is 909. The van der Waals surface area contributed by atoms with Crippen LogP contribution in [0.3, 0.4) is 0 Å². The van der Waals surface area contributed by atoms with Crippen LogP contribution in [0.1, 0.15) is 23.2 Å². The summed E-state index contributed by atoms with van der Waals surface area (Å²) >= 11 is 7.64. The van der Waals surface area contributed by atoms with Gasteiger partial charge >= 0.3 is 0 Å². The highest BCUT2D eigenvalue weighted by atomic mass is 35.5. The molecule has 1 N–H and O–H groups in total. The second kappa shape index (κ2) is 8.00. The molecule has 2 aromatic rings. The fraction of sp³-hybridized carbons (Fsp3) is 0.278. The maximum absolute atomic E-state index is 12.5. The van der Waals surface area contributed by atoms with E-state index in [1.807, 2.05) is 12.3 Å². The Hall–Kier alpha value is -1.54. The number of rotatable bonds is 5. The molecule has 0 spiro atoms. The van der Waals surface area contributed by atoms with Gasteiger partial charge in [-0.3, -0.25) is 4.79 Å². The van der Waals surface area contributed by atoms with Gasteiger partial charge in [-0.25, -0.2) is 8.42 Å². The molecule has 1 fully saturated rings. The summed E-state index contributed by atoms with van der Waals surface area (Å²) < 4.78 is 26.5. The Morgan fingerprint density at radius 1 is 1.12 bits per heavy atom. The van der Waals surface area contributed by atoms with E-state index in [0.717, 1.165) is 17.7 Å². The summed E-state index contributed by atoms with van der Waals surface area (Å²) in [6, 6.07) is 11.5. The van der Waals surface area contributed by atoms with Gasteiger partial charge in [0.15, 0.2) is 0 Å². The highest BCUT2D eigenvalue weighted by Crippen LogP contribution is 2.25. The summed E-state index contributed by atoms with van der Waals surface area (Å²) in [6.45, 7) is 1.12. The lowest BCUT2D eigenvalue weighted by atomic mass is 10.2. The summed E-state index contributed by atoms with van der Waals surface area (Å²) in [4.78, 5) is 13.6. The number of nitrogens with one attached hydrogen (secondary N) is 1. The van der Waals surface area contributed by atoms with Gasteiger partial charge in [0.25, 0.3) is 5.91 Å². The predicted octanol–water partition coefficient (Wildman–Crippen LogP) is 4.10. The van der Waals surface area contributed by atoms with Crippen molar-refractivity contribution in [2.75, 3.05) is 24.7 Å². The maximum Gasteiger partial charge on any atom is 0.257 e. The van der Waals surface area contributed by atoms with Gasteiger partial charge in [-0.1, -0.05) is 11.6 Å². The number of hydrogen-bond donors (Lipinski definition) is 1. The molecule has 1 aliphatic heterocycles. The molecule has 0 atom stereocenters. The lowest BCUT2D eigenvalue weighted by molar-refractivity contribution is 0.102. The molecule has 1 saturated heterocycles. The molecule has 0 unspecified atom stereocenters. The normalized spacial score (nSPS) is 15.2. The molecule has 138 valence electrons. The number of carbonyl (C=O) groups is 1. The Morgan fingerprint density at radius 2 is 1.77 bits per heavy atom. The van der Waals surface area contributed by atoms with Crippen molar-refractivity contribution < 1.29 is 13.2 Å². The zero-order valence-electron chi connectivity index (χ0n) is 14.2. The number of anilines is 1. The van der Waals surface area contributed by atoms with Gasteiger partial charge in [0.1, 0.15) is 0 Å². The molecule has 1 heterocycles. The van der Waals surface area contributed by atoms with Gasteiger partial charge in [-0.15, -0.1) is 11.8 Å². The van der Waals surface area contributed by atoms with Crippen LogP contribution in [0.25, 0.3) is 0 Å². The second-order valence-corrected chi connectivity index (χ2v) is 9.16. The number of sulfonamides is 1. The van der Waals surface area contributed by atoms with E-state index in [-0.39, 0.29) is 10.8 Å². The molecule has 1 aliphatic rings. The summed E-state index contributed by atoms with van der Waals surface area (Å²) in [6.07, 6.45) is 3.71. The fourth-order valence-corrected chi connectivity index (χ4v) is 4.95. The maximum atomic E-state index is 12.5. The zero-order valence-corrected chi connectivity index (χ0v) is 16.6. The predicted molar refractivity (Wildman–Crippen MR) is 106 cm³/mol. The molecule has 3 rings (SSSR count). The van der Waals surface area contributed by atoms with Crippen molar-refractivity contribution in [2.45, 2.75) is 22.6 Å². The minimum atomic E-state index is -3.46. The van der Waals surface area contributed by atoms with Crippen LogP contribution in [-0.4, -0.2) is 38.0 Å². The van der Waals surface area contributed by atoms with Crippen LogP contribution < -0.4 is 5.32 Å². The number of halogens is 1. The molecule has 5 nitrogen and oxygen atoms in total. The van der Waals surface area contributed by atoms with E-state index in [9.17, 15) is 13.2 Å². The Labute approximate surface area is 162 Å². The third-order valence-corrected chi connectivity index (χ3v) is 7.20. The van der Waals surface area contributed by atoms with E-state index in [1.165, 1.54) is 28.2 Å². The third-order valence-electron chi connectivity index (χ3n) is 4.23. The van der Waals surface area contributed by atoms with E-state index >= 15 is 0 Å². The number of nitrogens with zero attached hydrogens (tertiary/aromatic N) is 1. The highest BCUT2D eigenvalue weighted by molar-refractivity contribution is 7.98. The van der Waals surface area contributed by atoms with E-state index in [2.05, 4.69) is 5.32 Å². The average molecular weight is 411 g/mol. The fourth-order valence-electron chi connectivity index (χ4n) is 2.79. The van der Waals surface area contributed by atoms with Crippen molar-refractivity contribution in [2.24, 2.45) is 0 Å². The average Bonchev–Trinajstić information content (AvgIpc) is 3.18. The first kappa shape index (κ1) is 19.2. The molecule has 0 saturated carbocycles. The van der Waals surface area contributed by atoms with Crippen molar-refractivity contribution in [3.63, 3.8) is 0 Å². The number of benzene rings is 2. The van der Waals surface area contributed by atoms with Crippen LogP contribution in [0.5, 0.6) is 0 Å². The van der Waals surface area contributed by atoms with Crippen LogP contribution in [0, 0.1) is 0 Å². The monoisotopic (exact) mass is 410 g/mol. The van der Waals surface area contributed by atoms with Crippen LogP contribution in [0.15, 0.2) is 52.3 Å². The third kappa shape index (κ3) is 4.06. The summed E-state index contributed by atoms with van der Waals surface area (Å²) in [5, 5.41) is 3.13. The molecular weight excluding hydrogens is 392 g/mol. The standard InChI is InChI=1S/C18H19ClN2O3S2/c1-25-14-6-9-17(19)16(12-14)18(22)20-13-4-7-15(8-5-13)26(23,24)21-10-2-3-11-21/h4-9,12H,2-3,10-11H2,1H3,(H,20,22). The lowest BCUT2D eigenvalue weighted by Crippen LogP contribution is -2.27. The van der Waals surface area contributed by atoms with Gasteiger partial charge in [-0.05, 0) is 61.6 Å². The molecule has 0 aromatic heterocycles. The lowest BCUT2D eigenvalue weighted by Gasteiger charge is -2.15. The van der Waals surface area contributed by atoms with Crippen molar-refractivity contribution in [3.05, 3.63) is 53.1 Å². The zero-order chi connectivity index (χ0) is 18.7. The first-order chi connectivity index (χ1) is 12.4. The molecule has 0 radical (unpaired) electrons. The summed E-state index contributed by atoms with van der Waals surface area (Å²) in [7, 11) is -3.46. The SMILES string of the molecule is CSc1ccc(Cl)c(C(=O)Nc2ccc(S(=O)(=O)N3CCCC3)cc2)c1. The minimum Gasteiger partial charge on any atom is -0.322 e. The van der Waals surface area contributed by atoms with Crippen LogP contribution in [0.4, 0.5) is 5.69 Å². The molecule has 1 amide bonds. The molecule has 0 aliphatic carbocycles. The van der Waals surface area contributed by atoms with Gasteiger partial charge in [0.05, 0.1) is 15.5 Å². The minimum absolute atomic E-state index is 0.236. The molecule has 8 heteroatoms. The van der Waals surface area contributed by atoms with E-state index in [1.54, 1.807) is 24.3 Å². The van der Waals surface area contributed by atoms with Crippen LogP contribution >= 0.6 is 23.4 Å². The molecule has 0 bridgehead atoms. The number of thioether (sulfide) groups is 1. The quantitative estimate of drug-likeness (QED) is 0.753. The van der Waals surface area contributed by atoms with E-state index < -0.39 is 10.0 Å². The van der Waals surface area contributed by atoms with Gasteiger partial charge in [-0.2, -0.15) is 4.31 Å². The second-order valence-electron chi connectivity index (χ2n) is 5.94. The number of carbonyl (C=O) groups excluding carboxylic acids is 1. The highest BCUT2D eigenvalue weighted by Gasteiger charge is 2.27. The molecular formula is C18H19ClN2O3S2. The molecule has 26 heavy (non-hydrogen) atoms. The van der Waals surface area contributed by atoms with Crippen LogP contribution in [0.2, 0.25) is 5.02 Å². The topological polar surface area (TPSA) is 66.5 Å². The largest absolute Gasteiger partial charge is 0.322 e. The number of hydrogen-bond acceptors (Lipinski definition) is 4. The van der Waals surface area contributed by atoms with Crippen molar-refractivity contribution >= 4 is 45.0 Å². The van der Waals surface area contributed by atoms with Gasteiger partial charge < -0.3 is 5.32 Å². The smallest absolute Gasteiger partial charge is 0.257 e. The first-order valence-corrected chi connectivity index (χ1v) is 11.2. The van der Waals surface area contributed by atoms with Gasteiger partial charge in [0.2, 0.25) is 10.0 Å².